The van der Waals surface area contributed by atoms with E-state index in [4.69, 9.17) is 10.8 Å². The average molecular weight is 264 g/mol. The maximum absolute atomic E-state index is 13.5. The summed E-state index contributed by atoms with van der Waals surface area (Å²) in [6.07, 6.45) is -0.140. The maximum Gasteiger partial charge on any atom is 0.356 e. The van der Waals surface area contributed by atoms with Crippen molar-refractivity contribution in [3.8, 4) is 0 Å². The van der Waals surface area contributed by atoms with Crippen LogP contribution in [0.3, 0.4) is 0 Å². The van der Waals surface area contributed by atoms with Crippen LogP contribution in [0.5, 0.6) is 0 Å². The van der Waals surface area contributed by atoms with Gasteiger partial charge in [-0.3, -0.25) is 0 Å². The van der Waals surface area contributed by atoms with Crippen LogP contribution in [0.25, 0.3) is 0 Å². The van der Waals surface area contributed by atoms with Gasteiger partial charge in [0.25, 0.3) is 0 Å². The zero-order chi connectivity index (χ0) is 14.0. The number of hydrogen-bond acceptors (Lipinski definition) is 3. The number of pyridine rings is 1. The van der Waals surface area contributed by atoms with Gasteiger partial charge in [0.1, 0.15) is 11.6 Å². The lowest BCUT2D eigenvalue weighted by Gasteiger charge is -2.06. The molecule has 0 amide bonds. The van der Waals surface area contributed by atoms with Crippen molar-refractivity contribution in [2.75, 3.05) is 5.73 Å². The van der Waals surface area contributed by atoms with Gasteiger partial charge in [-0.15, -0.1) is 0 Å². The van der Waals surface area contributed by atoms with Crippen molar-refractivity contribution in [3.05, 3.63) is 58.9 Å². The number of carbonyl (C=O) groups is 1. The van der Waals surface area contributed by atoms with E-state index in [1.54, 1.807) is 0 Å². The molecule has 19 heavy (non-hydrogen) atoms. The predicted octanol–water partition coefficient (Wildman–Crippen LogP) is 2.23. The third kappa shape index (κ3) is 2.67. The molecule has 4 nitrogen and oxygen atoms in total. The van der Waals surface area contributed by atoms with Crippen LogP contribution in [-0.2, 0) is 6.42 Å². The van der Waals surface area contributed by atoms with Gasteiger partial charge < -0.3 is 10.8 Å². The van der Waals surface area contributed by atoms with Gasteiger partial charge in [-0.25, -0.2) is 18.6 Å². The molecular formula is C13H10F2N2O2. The van der Waals surface area contributed by atoms with Crippen LogP contribution >= 0.6 is 0 Å². The van der Waals surface area contributed by atoms with Crippen molar-refractivity contribution in [2.24, 2.45) is 0 Å². The summed E-state index contributed by atoms with van der Waals surface area (Å²) in [5, 5.41) is 8.87. The molecular weight excluding hydrogens is 254 g/mol. The molecule has 0 atom stereocenters. The van der Waals surface area contributed by atoms with E-state index in [2.05, 4.69) is 4.98 Å². The third-order valence-electron chi connectivity index (χ3n) is 2.61. The van der Waals surface area contributed by atoms with Gasteiger partial charge >= 0.3 is 5.97 Å². The number of nitrogen functional groups attached to an aromatic ring is 1. The molecule has 2 aromatic rings. The predicted molar refractivity (Wildman–Crippen MR) is 64.8 cm³/mol. The Morgan fingerprint density at radius 2 is 1.84 bits per heavy atom. The molecule has 98 valence electrons. The average Bonchev–Trinajstić information content (AvgIpc) is 2.35. The molecule has 2 rings (SSSR count). The second-order valence-electron chi connectivity index (χ2n) is 3.92. The molecule has 0 saturated heterocycles. The molecule has 0 fully saturated rings. The van der Waals surface area contributed by atoms with Crippen LogP contribution in [-0.4, -0.2) is 16.1 Å². The number of aromatic nitrogens is 1. The van der Waals surface area contributed by atoms with Crippen molar-refractivity contribution in [3.63, 3.8) is 0 Å². The summed E-state index contributed by atoms with van der Waals surface area (Å²) in [5.41, 5.74) is 5.21. The van der Waals surface area contributed by atoms with Crippen LogP contribution in [0, 0.1) is 11.6 Å². The van der Waals surface area contributed by atoms with Crippen LogP contribution in [0.15, 0.2) is 30.3 Å². The summed E-state index contributed by atoms with van der Waals surface area (Å²) in [6.45, 7) is 0. The van der Waals surface area contributed by atoms with Crippen molar-refractivity contribution in [2.45, 2.75) is 6.42 Å². The number of carboxylic acids is 1. The summed E-state index contributed by atoms with van der Waals surface area (Å²) in [4.78, 5) is 14.7. The highest BCUT2D eigenvalue weighted by atomic mass is 19.1. The molecule has 0 bridgehead atoms. The van der Waals surface area contributed by atoms with E-state index in [0.29, 0.717) is 0 Å². The monoisotopic (exact) mass is 264 g/mol. The standard InChI is InChI=1S/C13H10F2N2O2/c14-9-2-1-3-10(15)8(9)6-7-4-5-11(16)12(17-7)13(18)19/h1-5H,6,16H2,(H,18,19). The minimum Gasteiger partial charge on any atom is -0.476 e. The fourth-order valence-electron chi connectivity index (χ4n) is 1.66. The topological polar surface area (TPSA) is 76.2 Å². The normalized spacial score (nSPS) is 10.4. The second kappa shape index (κ2) is 5.01. The van der Waals surface area contributed by atoms with E-state index in [0.717, 1.165) is 12.1 Å². The lowest BCUT2D eigenvalue weighted by Crippen LogP contribution is -2.08. The van der Waals surface area contributed by atoms with Gasteiger partial charge in [-0.05, 0) is 24.3 Å². The lowest BCUT2D eigenvalue weighted by atomic mass is 10.1. The molecule has 0 aliphatic carbocycles. The number of aromatic carboxylic acids is 1. The molecule has 6 heteroatoms. The number of halogens is 2. The Bertz CT molecular complexity index is 624. The smallest absolute Gasteiger partial charge is 0.356 e. The first-order valence-corrected chi connectivity index (χ1v) is 5.40. The molecule has 1 heterocycles. The van der Waals surface area contributed by atoms with E-state index in [9.17, 15) is 13.6 Å². The number of rotatable bonds is 3. The Kier molecular flexibility index (Phi) is 3.41. The molecule has 0 radical (unpaired) electrons. The van der Waals surface area contributed by atoms with E-state index in [-0.39, 0.29) is 29.1 Å². The largest absolute Gasteiger partial charge is 0.476 e. The van der Waals surface area contributed by atoms with Crippen molar-refractivity contribution in [1.29, 1.82) is 0 Å². The Labute approximate surface area is 107 Å². The summed E-state index contributed by atoms with van der Waals surface area (Å²) < 4.78 is 26.9. The van der Waals surface area contributed by atoms with Gasteiger partial charge in [0.2, 0.25) is 0 Å². The Morgan fingerprint density at radius 1 is 1.21 bits per heavy atom. The summed E-state index contributed by atoms with van der Waals surface area (Å²) in [5.74, 6) is -2.68. The maximum atomic E-state index is 13.5. The summed E-state index contributed by atoms with van der Waals surface area (Å²) >= 11 is 0. The van der Waals surface area contributed by atoms with Crippen LogP contribution in [0.1, 0.15) is 21.7 Å². The number of carboxylic acid groups (broad SMARTS) is 1. The Hall–Kier alpha value is -2.50. The first-order valence-electron chi connectivity index (χ1n) is 5.40. The van der Waals surface area contributed by atoms with Crippen molar-refractivity contribution < 1.29 is 18.7 Å². The van der Waals surface area contributed by atoms with Gasteiger partial charge in [0, 0.05) is 17.7 Å². The zero-order valence-electron chi connectivity index (χ0n) is 9.73. The Morgan fingerprint density at radius 3 is 2.42 bits per heavy atom. The quantitative estimate of drug-likeness (QED) is 0.891. The molecule has 0 aliphatic heterocycles. The summed E-state index contributed by atoms with van der Waals surface area (Å²) in [7, 11) is 0. The first-order chi connectivity index (χ1) is 8.99. The highest BCUT2D eigenvalue weighted by Gasteiger charge is 2.14. The highest BCUT2D eigenvalue weighted by Crippen LogP contribution is 2.18. The molecule has 0 spiro atoms. The van der Waals surface area contributed by atoms with E-state index in [1.807, 2.05) is 0 Å². The fraction of sp³-hybridized carbons (Fsp3) is 0.0769. The second-order valence-corrected chi connectivity index (χ2v) is 3.92. The van der Waals surface area contributed by atoms with Crippen LogP contribution < -0.4 is 5.73 Å². The van der Waals surface area contributed by atoms with E-state index >= 15 is 0 Å². The fourth-order valence-corrected chi connectivity index (χ4v) is 1.66. The van der Waals surface area contributed by atoms with Gasteiger partial charge in [-0.1, -0.05) is 6.07 Å². The lowest BCUT2D eigenvalue weighted by molar-refractivity contribution is 0.0691. The number of nitrogens with two attached hydrogens (primary N) is 1. The third-order valence-corrected chi connectivity index (χ3v) is 2.61. The molecule has 1 aromatic heterocycles. The summed E-state index contributed by atoms with van der Waals surface area (Å²) in [6, 6.07) is 6.31. The van der Waals surface area contributed by atoms with E-state index < -0.39 is 17.6 Å². The van der Waals surface area contributed by atoms with Crippen molar-refractivity contribution >= 4 is 11.7 Å². The minimum atomic E-state index is -1.28. The molecule has 1 aromatic carbocycles. The number of nitrogens with zero attached hydrogens (tertiary/aromatic N) is 1. The SMILES string of the molecule is Nc1ccc(Cc2c(F)cccc2F)nc1C(=O)O. The molecule has 3 N–H and O–H groups in total. The van der Waals surface area contributed by atoms with Crippen molar-refractivity contribution in [1.82, 2.24) is 4.98 Å². The van der Waals surface area contributed by atoms with Gasteiger partial charge in [0.15, 0.2) is 5.69 Å². The van der Waals surface area contributed by atoms with E-state index in [1.165, 1.54) is 18.2 Å². The van der Waals surface area contributed by atoms with Gasteiger partial charge in [0.05, 0.1) is 5.69 Å². The van der Waals surface area contributed by atoms with Gasteiger partial charge in [-0.2, -0.15) is 0 Å². The minimum absolute atomic E-state index is 0.00487. The van der Waals surface area contributed by atoms with Crippen LogP contribution in [0.2, 0.25) is 0 Å². The number of hydrogen-bond donors (Lipinski definition) is 2. The first kappa shape index (κ1) is 12.9. The number of benzene rings is 1. The Balaban J connectivity index is 2.39. The molecule has 0 unspecified atom stereocenters. The zero-order valence-corrected chi connectivity index (χ0v) is 9.73. The molecule has 0 saturated carbocycles. The van der Waals surface area contributed by atoms with Crippen LogP contribution in [0.4, 0.5) is 14.5 Å². The molecule has 0 aliphatic rings. The number of anilines is 1. The highest BCUT2D eigenvalue weighted by molar-refractivity contribution is 5.91.